The van der Waals surface area contributed by atoms with Gasteiger partial charge in [-0.3, -0.25) is 9.69 Å². The molecular weight excluding hydrogens is 428 g/mol. The van der Waals surface area contributed by atoms with Crippen LogP contribution >= 0.6 is 22.7 Å². The molecule has 1 amide bonds. The van der Waals surface area contributed by atoms with E-state index in [1.54, 1.807) is 11.3 Å². The third kappa shape index (κ3) is 5.94. The van der Waals surface area contributed by atoms with Crippen LogP contribution in [0.5, 0.6) is 0 Å². The van der Waals surface area contributed by atoms with Crippen LogP contribution in [0, 0.1) is 0 Å². The lowest BCUT2D eigenvalue weighted by atomic mass is 10.1. The van der Waals surface area contributed by atoms with Crippen LogP contribution in [0.1, 0.15) is 36.0 Å². The number of hydrogen-bond acceptors (Lipinski definition) is 8. The predicted molar refractivity (Wildman–Crippen MR) is 127 cm³/mol. The van der Waals surface area contributed by atoms with Gasteiger partial charge in [0.25, 0.3) is 0 Å². The Hall–Kier alpha value is -2.20. The van der Waals surface area contributed by atoms with Crippen LogP contribution in [0.4, 0.5) is 5.13 Å². The molecule has 9 heteroatoms. The molecular formula is C22H28N6OS2. The summed E-state index contributed by atoms with van der Waals surface area (Å²) in [6.07, 6.45) is 0.230. The maximum Gasteiger partial charge on any atom is 0.232 e. The minimum absolute atomic E-state index is 0.118. The molecule has 0 aliphatic carbocycles. The number of aromatic nitrogens is 3. The van der Waals surface area contributed by atoms with Crippen LogP contribution in [-0.4, -0.2) is 64.1 Å². The quantitative estimate of drug-likeness (QED) is 0.584. The molecule has 0 bridgehead atoms. The lowest BCUT2D eigenvalue weighted by molar-refractivity contribution is -0.115. The number of carbonyl (C=O) groups is 1. The highest BCUT2D eigenvalue weighted by Crippen LogP contribution is 2.26. The van der Waals surface area contributed by atoms with Gasteiger partial charge in [-0.1, -0.05) is 43.4 Å². The number of rotatable bonds is 7. The maximum absolute atomic E-state index is 12.4. The molecule has 0 saturated carbocycles. The van der Waals surface area contributed by atoms with Crippen molar-refractivity contribution in [3.63, 3.8) is 0 Å². The van der Waals surface area contributed by atoms with E-state index < -0.39 is 0 Å². The molecule has 1 aromatic carbocycles. The molecule has 1 fully saturated rings. The van der Waals surface area contributed by atoms with Gasteiger partial charge >= 0.3 is 0 Å². The number of benzene rings is 1. The van der Waals surface area contributed by atoms with Gasteiger partial charge in [0.15, 0.2) is 0 Å². The van der Waals surface area contributed by atoms with Crippen molar-refractivity contribution < 1.29 is 4.79 Å². The van der Waals surface area contributed by atoms with Gasteiger partial charge in [0, 0.05) is 49.6 Å². The zero-order valence-electron chi connectivity index (χ0n) is 18.2. The first-order valence-corrected chi connectivity index (χ1v) is 12.2. The van der Waals surface area contributed by atoms with E-state index in [0.29, 0.717) is 11.0 Å². The van der Waals surface area contributed by atoms with Gasteiger partial charge in [0.1, 0.15) is 10.0 Å². The molecule has 31 heavy (non-hydrogen) atoms. The van der Waals surface area contributed by atoms with Crippen LogP contribution in [-0.2, 0) is 17.8 Å². The first-order valence-electron chi connectivity index (χ1n) is 10.5. The third-order valence-electron chi connectivity index (χ3n) is 5.25. The fourth-order valence-electron chi connectivity index (χ4n) is 3.43. The number of anilines is 1. The van der Waals surface area contributed by atoms with E-state index in [2.05, 4.69) is 70.5 Å². The molecule has 1 N–H and O–H groups in total. The molecule has 3 heterocycles. The lowest BCUT2D eigenvalue weighted by Crippen LogP contribution is -2.43. The highest BCUT2D eigenvalue weighted by Gasteiger charge is 2.15. The second-order valence-electron chi connectivity index (χ2n) is 8.25. The summed E-state index contributed by atoms with van der Waals surface area (Å²) in [5, 5.41) is 15.4. The van der Waals surface area contributed by atoms with Crippen molar-refractivity contribution in [3.8, 4) is 10.6 Å². The smallest absolute Gasteiger partial charge is 0.232 e. The fraction of sp³-hybridized carbons (Fsp3) is 0.455. The minimum atomic E-state index is -0.118. The molecule has 0 radical (unpaired) electrons. The van der Waals surface area contributed by atoms with Gasteiger partial charge < -0.3 is 10.2 Å². The van der Waals surface area contributed by atoms with Gasteiger partial charge in [0.2, 0.25) is 11.0 Å². The molecule has 2 aromatic heterocycles. The molecule has 7 nitrogen and oxygen atoms in total. The Morgan fingerprint density at radius 3 is 2.74 bits per heavy atom. The number of nitrogens with one attached hydrogen (secondary N) is 1. The molecule has 0 unspecified atom stereocenters. The van der Waals surface area contributed by atoms with E-state index in [1.807, 2.05) is 5.38 Å². The average Bonchev–Trinajstić information content (AvgIpc) is 3.40. The number of piperazine rings is 1. The first-order chi connectivity index (χ1) is 15.0. The van der Waals surface area contributed by atoms with Crippen molar-refractivity contribution in [3.05, 3.63) is 45.9 Å². The van der Waals surface area contributed by atoms with Crippen LogP contribution in [0.2, 0.25) is 0 Å². The average molecular weight is 457 g/mol. The number of nitrogens with zero attached hydrogens (tertiary/aromatic N) is 5. The van der Waals surface area contributed by atoms with E-state index in [9.17, 15) is 4.79 Å². The monoisotopic (exact) mass is 456 g/mol. The van der Waals surface area contributed by atoms with Gasteiger partial charge in [-0.2, -0.15) is 0 Å². The number of amides is 1. The molecule has 4 rings (SSSR count). The third-order valence-corrected chi connectivity index (χ3v) is 7.33. The van der Waals surface area contributed by atoms with Gasteiger partial charge in [-0.15, -0.1) is 21.5 Å². The summed E-state index contributed by atoms with van der Waals surface area (Å²) in [7, 11) is 2.18. The van der Waals surface area contributed by atoms with Crippen molar-refractivity contribution in [1.29, 1.82) is 0 Å². The summed E-state index contributed by atoms with van der Waals surface area (Å²) < 4.78 is 0. The van der Waals surface area contributed by atoms with E-state index in [4.69, 9.17) is 4.98 Å². The van der Waals surface area contributed by atoms with Crippen LogP contribution in [0.3, 0.4) is 0 Å². The lowest BCUT2D eigenvalue weighted by Gasteiger charge is -2.32. The summed E-state index contributed by atoms with van der Waals surface area (Å²) in [6, 6.07) is 8.58. The van der Waals surface area contributed by atoms with Crippen LogP contribution in [0.15, 0.2) is 29.6 Å². The Balaban J connectivity index is 1.36. The van der Waals surface area contributed by atoms with Crippen LogP contribution in [0.25, 0.3) is 10.6 Å². The summed E-state index contributed by atoms with van der Waals surface area (Å²) in [4.78, 5) is 22.0. The number of carbonyl (C=O) groups excluding carboxylic acids is 1. The number of thiazole rings is 1. The summed E-state index contributed by atoms with van der Waals surface area (Å²) in [5.41, 5.74) is 3.18. The predicted octanol–water partition coefficient (Wildman–Crippen LogP) is 3.71. The van der Waals surface area contributed by atoms with E-state index >= 15 is 0 Å². The number of likely N-dealkylation sites (N-methyl/N-ethyl adjacent to an activating group) is 1. The first kappa shape index (κ1) is 22.0. The Bertz CT molecular complexity index is 1020. The van der Waals surface area contributed by atoms with Crippen molar-refractivity contribution in [2.24, 2.45) is 0 Å². The Morgan fingerprint density at radius 2 is 2.00 bits per heavy atom. The van der Waals surface area contributed by atoms with Gasteiger partial charge in [-0.05, 0) is 18.7 Å². The number of hydrogen-bond donors (Lipinski definition) is 1. The standard InChI is InChI=1S/C22H28N6OS2/c1-15(2)20-25-26-22(31-20)24-19(29)12-18-14-30-21(23-18)17-6-4-5-16(11-17)13-28-9-7-27(3)8-10-28/h4-6,11,14-15H,7-10,12-13H2,1-3H3,(H,24,26,29). The van der Waals surface area contributed by atoms with Gasteiger partial charge in [0.05, 0.1) is 12.1 Å². The Morgan fingerprint density at radius 1 is 1.19 bits per heavy atom. The maximum atomic E-state index is 12.4. The SMILES string of the molecule is CC(C)c1nnc(NC(=O)Cc2csc(-c3cccc(CN4CCN(C)CC4)c3)n2)s1. The van der Waals surface area contributed by atoms with E-state index in [0.717, 1.165) is 54.0 Å². The zero-order valence-corrected chi connectivity index (χ0v) is 19.8. The topological polar surface area (TPSA) is 74.2 Å². The normalized spacial score (nSPS) is 15.5. The zero-order chi connectivity index (χ0) is 21.8. The van der Waals surface area contributed by atoms with Crippen molar-refractivity contribution in [2.75, 3.05) is 38.5 Å². The van der Waals surface area contributed by atoms with Crippen molar-refractivity contribution in [1.82, 2.24) is 25.0 Å². The molecule has 1 aliphatic rings. The van der Waals surface area contributed by atoms with Gasteiger partial charge in [-0.25, -0.2) is 4.98 Å². The summed E-state index contributed by atoms with van der Waals surface area (Å²) >= 11 is 3.00. The van der Waals surface area contributed by atoms with E-state index in [-0.39, 0.29) is 12.3 Å². The fourth-order valence-corrected chi connectivity index (χ4v) is 5.01. The van der Waals surface area contributed by atoms with E-state index in [1.165, 1.54) is 16.9 Å². The van der Waals surface area contributed by atoms with Crippen LogP contribution < -0.4 is 5.32 Å². The minimum Gasteiger partial charge on any atom is -0.304 e. The highest BCUT2D eigenvalue weighted by molar-refractivity contribution is 7.15. The second-order valence-corrected chi connectivity index (χ2v) is 10.1. The molecule has 1 aliphatic heterocycles. The molecule has 164 valence electrons. The summed E-state index contributed by atoms with van der Waals surface area (Å²) in [5.74, 6) is 0.184. The molecule has 0 atom stereocenters. The van der Waals surface area contributed by atoms with Crippen molar-refractivity contribution in [2.45, 2.75) is 32.7 Å². The molecule has 0 spiro atoms. The molecule has 1 saturated heterocycles. The highest BCUT2D eigenvalue weighted by atomic mass is 32.1. The largest absolute Gasteiger partial charge is 0.304 e. The van der Waals surface area contributed by atoms with Crippen molar-refractivity contribution >= 4 is 33.7 Å². The molecule has 3 aromatic rings. The second kappa shape index (κ2) is 9.95. The Labute approximate surface area is 191 Å². The summed E-state index contributed by atoms with van der Waals surface area (Å²) in [6.45, 7) is 9.52. The Kier molecular flexibility index (Phi) is 7.06.